The van der Waals surface area contributed by atoms with Gasteiger partial charge in [0, 0.05) is 28.8 Å². The Bertz CT molecular complexity index is 1070. The molecule has 3 aromatic heterocycles. The zero-order valence-corrected chi connectivity index (χ0v) is 14.0. The maximum atomic E-state index is 13.1. The van der Waals surface area contributed by atoms with Gasteiger partial charge >= 0.3 is 0 Å². The third-order valence-electron chi connectivity index (χ3n) is 4.08. The molecule has 4 aromatic rings. The van der Waals surface area contributed by atoms with Gasteiger partial charge in [0.25, 0.3) is 0 Å². The van der Waals surface area contributed by atoms with Gasteiger partial charge in [0.05, 0.1) is 11.3 Å². The van der Waals surface area contributed by atoms with Gasteiger partial charge in [0.2, 0.25) is 0 Å². The van der Waals surface area contributed by atoms with Crippen LogP contribution in [-0.2, 0) is 0 Å². The second kappa shape index (κ2) is 6.40. The zero-order chi connectivity index (χ0) is 18.1. The third-order valence-corrected chi connectivity index (χ3v) is 4.08. The highest BCUT2D eigenvalue weighted by Crippen LogP contribution is 2.29. The van der Waals surface area contributed by atoms with Crippen molar-refractivity contribution in [3.63, 3.8) is 0 Å². The number of hydrogen-bond donors (Lipinski definition) is 2. The standard InChI is InChI=1S/C18H16FN7.3H2/c1-11(12-3-5-13(19)6-4-12)24-15-9-14(22-10-23-15)16-17(20)25-26-8-2-7-21-18(16)26;;;/h2-11H,1H3,(H2,20,25)(H,22,23,24);3*1H/t11-;;;/m1.../s1. The molecule has 3 N–H and O–H groups in total. The number of nitrogen functional groups attached to an aromatic ring is 1. The van der Waals surface area contributed by atoms with Crippen LogP contribution in [0.2, 0.25) is 0 Å². The van der Waals surface area contributed by atoms with Gasteiger partial charge in [0.15, 0.2) is 11.5 Å². The maximum Gasteiger partial charge on any atom is 0.166 e. The lowest BCUT2D eigenvalue weighted by Gasteiger charge is -2.15. The van der Waals surface area contributed by atoms with Crippen LogP contribution in [0.4, 0.5) is 16.0 Å². The molecule has 0 amide bonds. The molecular weight excluding hydrogens is 333 g/mol. The van der Waals surface area contributed by atoms with Crippen LogP contribution in [-0.4, -0.2) is 24.6 Å². The van der Waals surface area contributed by atoms with E-state index in [1.165, 1.54) is 18.5 Å². The number of hydrogen-bond acceptors (Lipinski definition) is 6. The number of halogens is 1. The van der Waals surface area contributed by atoms with E-state index in [0.29, 0.717) is 28.5 Å². The molecule has 0 saturated carbocycles. The number of aromatic nitrogens is 5. The monoisotopic (exact) mass is 355 g/mol. The number of anilines is 2. The molecule has 4 rings (SSSR count). The first-order valence-corrected chi connectivity index (χ1v) is 8.05. The lowest BCUT2D eigenvalue weighted by molar-refractivity contribution is 0.626. The average Bonchev–Trinajstić information content (AvgIpc) is 2.98. The minimum Gasteiger partial charge on any atom is -0.382 e. The predicted octanol–water partition coefficient (Wildman–Crippen LogP) is 3.82. The minimum absolute atomic E-state index is 0. The van der Waals surface area contributed by atoms with Crippen molar-refractivity contribution in [2.24, 2.45) is 0 Å². The molecule has 7 nitrogen and oxygen atoms in total. The van der Waals surface area contributed by atoms with Crippen molar-refractivity contribution < 1.29 is 8.67 Å². The van der Waals surface area contributed by atoms with Crippen molar-refractivity contribution in [3.8, 4) is 11.3 Å². The van der Waals surface area contributed by atoms with E-state index in [4.69, 9.17) is 5.73 Å². The summed E-state index contributed by atoms with van der Waals surface area (Å²) in [5.74, 6) is 0.711. The number of nitrogens with zero attached hydrogens (tertiary/aromatic N) is 5. The highest BCUT2D eigenvalue weighted by molar-refractivity contribution is 5.84. The highest BCUT2D eigenvalue weighted by Gasteiger charge is 2.16. The average molecular weight is 355 g/mol. The van der Waals surface area contributed by atoms with Crippen LogP contribution in [0.3, 0.4) is 0 Å². The Morgan fingerprint density at radius 3 is 2.81 bits per heavy atom. The molecule has 3 heterocycles. The molecule has 0 fully saturated rings. The second-order valence-corrected chi connectivity index (χ2v) is 5.85. The van der Waals surface area contributed by atoms with Crippen LogP contribution >= 0.6 is 0 Å². The van der Waals surface area contributed by atoms with Crippen LogP contribution in [0.25, 0.3) is 16.9 Å². The summed E-state index contributed by atoms with van der Waals surface area (Å²) in [5, 5.41) is 7.54. The molecule has 1 aromatic carbocycles. The quantitative estimate of drug-likeness (QED) is 0.578. The van der Waals surface area contributed by atoms with Crippen molar-refractivity contribution in [2.75, 3.05) is 11.1 Å². The summed E-state index contributed by atoms with van der Waals surface area (Å²) < 4.78 is 14.7. The van der Waals surface area contributed by atoms with Gasteiger partial charge in [0.1, 0.15) is 18.0 Å². The minimum atomic E-state index is -0.263. The molecule has 0 aliphatic heterocycles. The fourth-order valence-electron chi connectivity index (χ4n) is 2.78. The Labute approximate surface area is 153 Å². The van der Waals surface area contributed by atoms with E-state index < -0.39 is 0 Å². The number of rotatable bonds is 4. The van der Waals surface area contributed by atoms with E-state index in [2.05, 4.69) is 25.4 Å². The summed E-state index contributed by atoms with van der Waals surface area (Å²) >= 11 is 0. The molecule has 0 aliphatic carbocycles. The fourth-order valence-corrected chi connectivity index (χ4v) is 2.78. The van der Waals surface area contributed by atoms with Crippen molar-refractivity contribution in [2.45, 2.75) is 13.0 Å². The van der Waals surface area contributed by atoms with E-state index in [1.807, 2.05) is 6.92 Å². The summed E-state index contributed by atoms with van der Waals surface area (Å²) in [4.78, 5) is 12.9. The van der Waals surface area contributed by atoms with E-state index in [9.17, 15) is 4.39 Å². The predicted molar refractivity (Wildman–Crippen MR) is 103 cm³/mol. The Hall–Kier alpha value is -3.55. The van der Waals surface area contributed by atoms with Crippen LogP contribution in [0, 0.1) is 5.82 Å². The second-order valence-electron chi connectivity index (χ2n) is 5.85. The van der Waals surface area contributed by atoms with E-state index in [-0.39, 0.29) is 16.1 Å². The van der Waals surface area contributed by atoms with Gasteiger partial charge in [-0.3, -0.25) is 0 Å². The Morgan fingerprint density at radius 2 is 2.00 bits per heavy atom. The molecule has 26 heavy (non-hydrogen) atoms. The molecule has 0 bridgehead atoms. The Balaban J connectivity index is 0.00000140. The SMILES string of the molecule is C[C@@H](Nc1cc(-c2c(N)nn3cccnc23)ncn1)c1ccc(F)cc1.[HH].[HH].[HH]. The van der Waals surface area contributed by atoms with Gasteiger partial charge in [-0.05, 0) is 30.7 Å². The lowest BCUT2D eigenvalue weighted by Crippen LogP contribution is -2.08. The van der Waals surface area contributed by atoms with Gasteiger partial charge in [-0.15, -0.1) is 5.10 Å². The largest absolute Gasteiger partial charge is 0.382 e. The molecule has 0 unspecified atom stereocenters. The smallest absolute Gasteiger partial charge is 0.166 e. The molecule has 0 aliphatic rings. The van der Waals surface area contributed by atoms with Crippen molar-refractivity contribution in [3.05, 3.63) is 66.5 Å². The van der Waals surface area contributed by atoms with Crippen molar-refractivity contribution in [1.29, 1.82) is 0 Å². The van der Waals surface area contributed by atoms with Gasteiger partial charge < -0.3 is 11.1 Å². The topological polar surface area (TPSA) is 94.0 Å². The molecule has 1 atom stereocenters. The molecule has 136 valence electrons. The zero-order valence-electron chi connectivity index (χ0n) is 14.0. The van der Waals surface area contributed by atoms with Gasteiger partial charge in [-0.25, -0.2) is 23.9 Å². The number of nitrogens with one attached hydrogen (secondary N) is 1. The normalized spacial score (nSPS) is 12.2. The lowest BCUT2D eigenvalue weighted by atomic mass is 10.1. The van der Waals surface area contributed by atoms with E-state index >= 15 is 0 Å². The van der Waals surface area contributed by atoms with Crippen LogP contribution < -0.4 is 11.1 Å². The first-order chi connectivity index (χ1) is 12.6. The van der Waals surface area contributed by atoms with Gasteiger partial charge in [-0.1, -0.05) is 12.1 Å². The highest BCUT2D eigenvalue weighted by atomic mass is 19.1. The molecular formula is C18H22FN7. The summed E-state index contributed by atoms with van der Waals surface area (Å²) in [5.41, 5.74) is 8.91. The van der Waals surface area contributed by atoms with E-state index in [0.717, 1.165) is 5.56 Å². The first-order valence-electron chi connectivity index (χ1n) is 8.05. The molecule has 0 spiro atoms. The molecule has 8 heteroatoms. The van der Waals surface area contributed by atoms with E-state index in [1.54, 1.807) is 41.2 Å². The van der Waals surface area contributed by atoms with Crippen LogP contribution in [0.1, 0.15) is 22.8 Å². The summed E-state index contributed by atoms with van der Waals surface area (Å²) in [6, 6.07) is 9.86. The Morgan fingerprint density at radius 1 is 1.19 bits per heavy atom. The van der Waals surface area contributed by atoms with Crippen molar-refractivity contribution >= 4 is 17.3 Å². The number of nitrogens with two attached hydrogens (primary N) is 1. The summed E-state index contributed by atoms with van der Waals surface area (Å²) in [6.07, 6.45) is 4.91. The third kappa shape index (κ3) is 2.92. The Kier molecular flexibility index (Phi) is 3.92. The summed E-state index contributed by atoms with van der Waals surface area (Å²) in [7, 11) is 0. The molecule has 0 saturated heterocycles. The number of fused-ring (bicyclic) bond motifs is 1. The maximum absolute atomic E-state index is 13.1. The molecule has 0 radical (unpaired) electrons. The van der Waals surface area contributed by atoms with Gasteiger partial charge in [-0.2, -0.15) is 0 Å². The van der Waals surface area contributed by atoms with Crippen molar-refractivity contribution in [1.82, 2.24) is 24.6 Å². The summed E-state index contributed by atoms with van der Waals surface area (Å²) in [6.45, 7) is 1.97. The van der Waals surface area contributed by atoms with Crippen LogP contribution in [0.5, 0.6) is 0 Å². The number of benzene rings is 1. The first kappa shape index (κ1) is 15.9. The van der Waals surface area contributed by atoms with Crippen LogP contribution in [0.15, 0.2) is 55.1 Å². The fraction of sp³-hybridized carbons (Fsp3) is 0.111.